The number of rotatable bonds is 5. The van der Waals surface area contributed by atoms with Gasteiger partial charge in [-0.3, -0.25) is 14.3 Å². The van der Waals surface area contributed by atoms with Crippen molar-refractivity contribution >= 4 is 17.6 Å². The molecule has 1 aromatic rings. The Morgan fingerprint density at radius 3 is 2.50 bits per heavy atom. The summed E-state index contributed by atoms with van der Waals surface area (Å²) in [4.78, 5) is 23.7. The number of hydrogen-bond acceptors (Lipinski definition) is 4. The normalized spacial score (nSPS) is 22.2. The van der Waals surface area contributed by atoms with Crippen LogP contribution in [0.15, 0.2) is 6.07 Å². The van der Waals surface area contributed by atoms with Crippen molar-refractivity contribution in [1.29, 1.82) is 0 Å². The molecule has 0 spiro atoms. The van der Waals surface area contributed by atoms with Crippen LogP contribution in [0, 0.1) is 10.8 Å². The first-order valence-electron chi connectivity index (χ1n) is 7.47. The molecule has 1 saturated carbocycles. The van der Waals surface area contributed by atoms with E-state index in [2.05, 4.69) is 15.7 Å². The standard InChI is InChI=1S/C15H24N4O3/c1-5-10-6-11(18-19(10)4)17-13(22)12(21)16-8-15(9-20)7-14(15,2)3/h6,20H,5,7-9H2,1-4H3,(H,16,21)(H,17,18,22). The first kappa shape index (κ1) is 16.5. The van der Waals surface area contributed by atoms with E-state index in [0.717, 1.165) is 18.5 Å². The van der Waals surface area contributed by atoms with Crippen LogP contribution < -0.4 is 10.6 Å². The third-order valence-electron chi connectivity index (χ3n) is 4.77. The van der Waals surface area contributed by atoms with Gasteiger partial charge < -0.3 is 15.7 Å². The summed E-state index contributed by atoms with van der Waals surface area (Å²) in [5.74, 6) is -1.09. The molecule has 1 heterocycles. The highest BCUT2D eigenvalue weighted by Gasteiger charge is 2.60. The molecule has 122 valence electrons. The van der Waals surface area contributed by atoms with Crippen LogP contribution in [-0.4, -0.2) is 39.9 Å². The summed E-state index contributed by atoms with van der Waals surface area (Å²) in [6.45, 7) is 6.36. The number of nitrogens with one attached hydrogen (secondary N) is 2. The lowest BCUT2D eigenvalue weighted by Gasteiger charge is -2.18. The maximum atomic E-state index is 11.9. The average Bonchev–Trinajstić information content (AvgIpc) is 2.83. The van der Waals surface area contributed by atoms with Gasteiger partial charge in [-0.2, -0.15) is 5.10 Å². The molecule has 1 fully saturated rings. The number of hydrogen-bond donors (Lipinski definition) is 3. The third kappa shape index (κ3) is 2.99. The number of amides is 2. The van der Waals surface area contributed by atoms with Crippen molar-refractivity contribution in [2.45, 2.75) is 33.6 Å². The van der Waals surface area contributed by atoms with E-state index in [-0.39, 0.29) is 17.4 Å². The molecular formula is C15H24N4O3. The van der Waals surface area contributed by atoms with Crippen LogP contribution in [0.3, 0.4) is 0 Å². The second kappa shape index (κ2) is 5.72. The fraction of sp³-hybridized carbons (Fsp3) is 0.667. The highest BCUT2D eigenvalue weighted by atomic mass is 16.3. The SMILES string of the molecule is CCc1cc(NC(=O)C(=O)NCC2(CO)CC2(C)C)nn1C. The number of aromatic nitrogens is 2. The highest BCUT2D eigenvalue weighted by molar-refractivity contribution is 6.39. The number of aliphatic hydroxyl groups excluding tert-OH is 1. The summed E-state index contributed by atoms with van der Waals surface area (Å²) in [7, 11) is 1.79. The van der Waals surface area contributed by atoms with E-state index in [1.54, 1.807) is 17.8 Å². The van der Waals surface area contributed by atoms with Crippen molar-refractivity contribution in [3.05, 3.63) is 11.8 Å². The van der Waals surface area contributed by atoms with Gasteiger partial charge in [0.25, 0.3) is 0 Å². The average molecular weight is 308 g/mol. The molecule has 0 radical (unpaired) electrons. The van der Waals surface area contributed by atoms with Crippen LogP contribution in [0.1, 0.15) is 32.9 Å². The van der Waals surface area contributed by atoms with Crippen molar-refractivity contribution in [2.75, 3.05) is 18.5 Å². The first-order valence-corrected chi connectivity index (χ1v) is 7.47. The maximum absolute atomic E-state index is 11.9. The number of carbonyl (C=O) groups excluding carboxylic acids is 2. The Morgan fingerprint density at radius 1 is 1.41 bits per heavy atom. The number of nitrogens with zero attached hydrogens (tertiary/aromatic N) is 2. The van der Waals surface area contributed by atoms with Gasteiger partial charge >= 0.3 is 11.8 Å². The predicted octanol–water partition coefficient (Wildman–Crippen LogP) is 0.446. The van der Waals surface area contributed by atoms with Gasteiger partial charge in [0, 0.05) is 30.8 Å². The van der Waals surface area contributed by atoms with Gasteiger partial charge in [-0.05, 0) is 18.3 Å². The van der Waals surface area contributed by atoms with E-state index >= 15 is 0 Å². The lowest BCUT2D eigenvalue weighted by molar-refractivity contribution is -0.136. The summed E-state index contributed by atoms with van der Waals surface area (Å²) in [6, 6.07) is 1.74. The van der Waals surface area contributed by atoms with Gasteiger partial charge in [-0.25, -0.2) is 0 Å². The number of carbonyl (C=O) groups is 2. The van der Waals surface area contributed by atoms with Crippen LogP contribution in [0.4, 0.5) is 5.82 Å². The molecule has 22 heavy (non-hydrogen) atoms. The van der Waals surface area contributed by atoms with Crippen molar-refractivity contribution in [1.82, 2.24) is 15.1 Å². The van der Waals surface area contributed by atoms with Crippen LogP contribution >= 0.6 is 0 Å². The number of anilines is 1. The van der Waals surface area contributed by atoms with Gasteiger partial charge in [-0.15, -0.1) is 0 Å². The molecule has 1 aliphatic rings. The van der Waals surface area contributed by atoms with Gasteiger partial charge in [0.1, 0.15) is 0 Å². The zero-order chi connectivity index (χ0) is 16.5. The minimum Gasteiger partial charge on any atom is -0.396 e. The van der Waals surface area contributed by atoms with Crippen molar-refractivity contribution in [2.24, 2.45) is 17.9 Å². The number of aryl methyl sites for hydroxylation is 2. The zero-order valence-corrected chi connectivity index (χ0v) is 13.6. The third-order valence-corrected chi connectivity index (χ3v) is 4.77. The van der Waals surface area contributed by atoms with Gasteiger partial charge in [0.2, 0.25) is 0 Å². The van der Waals surface area contributed by atoms with Crippen LogP contribution in [0.5, 0.6) is 0 Å². The summed E-state index contributed by atoms with van der Waals surface area (Å²) in [6.07, 6.45) is 1.62. The molecule has 1 unspecified atom stereocenters. The second-order valence-electron chi connectivity index (χ2n) is 6.63. The van der Waals surface area contributed by atoms with Gasteiger partial charge in [-0.1, -0.05) is 20.8 Å². The monoisotopic (exact) mass is 308 g/mol. The molecule has 3 N–H and O–H groups in total. The summed E-state index contributed by atoms with van der Waals surface area (Å²) < 4.78 is 1.67. The molecular weight excluding hydrogens is 284 g/mol. The maximum Gasteiger partial charge on any atom is 0.314 e. The Labute approximate surface area is 130 Å². The molecule has 1 atom stereocenters. The predicted molar refractivity (Wildman–Crippen MR) is 82.1 cm³/mol. The van der Waals surface area contributed by atoms with E-state index < -0.39 is 11.8 Å². The van der Waals surface area contributed by atoms with Crippen LogP contribution in [-0.2, 0) is 23.1 Å². The highest BCUT2D eigenvalue weighted by Crippen LogP contribution is 2.62. The van der Waals surface area contributed by atoms with Crippen molar-refractivity contribution < 1.29 is 14.7 Å². The summed E-state index contributed by atoms with van der Waals surface area (Å²) >= 11 is 0. The van der Waals surface area contributed by atoms with Crippen molar-refractivity contribution in [3.63, 3.8) is 0 Å². The van der Waals surface area contributed by atoms with E-state index in [1.807, 2.05) is 20.8 Å². The molecule has 1 aromatic heterocycles. The first-order chi connectivity index (χ1) is 10.2. The Hall–Kier alpha value is -1.89. The smallest absolute Gasteiger partial charge is 0.314 e. The molecule has 0 saturated heterocycles. The van der Waals surface area contributed by atoms with Crippen LogP contribution in [0.25, 0.3) is 0 Å². The minimum atomic E-state index is -0.743. The topological polar surface area (TPSA) is 96.2 Å². The van der Waals surface area contributed by atoms with Gasteiger partial charge in [0.15, 0.2) is 5.82 Å². The fourth-order valence-corrected chi connectivity index (χ4v) is 2.83. The van der Waals surface area contributed by atoms with E-state index in [4.69, 9.17) is 0 Å². The molecule has 1 aliphatic carbocycles. The van der Waals surface area contributed by atoms with E-state index in [1.165, 1.54) is 0 Å². The van der Waals surface area contributed by atoms with E-state index in [9.17, 15) is 14.7 Å². The molecule has 7 nitrogen and oxygen atoms in total. The Kier molecular flexibility index (Phi) is 4.28. The van der Waals surface area contributed by atoms with Crippen molar-refractivity contribution in [3.8, 4) is 0 Å². The Morgan fingerprint density at radius 2 is 2.05 bits per heavy atom. The molecule has 0 aromatic carbocycles. The molecule has 2 amide bonds. The molecule has 0 bridgehead atoms. The Balaban J connectivity index is 1.89. The fourth-order valence-electron chi connectivity index (χ4n) is 2.83. The largest absolute Gasteiger partial charge is 0.396 e. The lowest BCUT2D eigenvalue weighted by Crippen LogP contribution is -2.40. The summed E-state index contributed by atoms with van der Waals surface area (Å²) in [5.41, 5.74) is 0.640. The molecule has 2 rings (SSSR count). The quantitative estimate of drug-likeness (QED) is 0.688. The van der Waals surface area contributed by atoms with E-state index in [0.29, 0.717) is 12.4 Å². The minimum absolute atomic E-state index is 0.00198. The summed E-state index contributed by atoms with van der Waals surface area (Å²) in [5, 5.41) is 18.7. The van der Waals surface area contributed by atoms with Gasteiger partial charge in [0.05, 0.1) is 6.61 Å². The molecule has 7 heteroatoms. The molecule has 0 aliphatic heterocycles. The second-order valence-corrected chi connectivity index (χ2v) is 6.63. The zero-order valence-electron chi connectivity index (χ0n) is 13.6. The lowest BCUT2D eigenvalue weighted by atomic mass is 9.97. The number of aliphatic hydroxyl groups is 1. The Bertz CT molecular complexity index is 594. The van der Waals surface area contributed by atoms with Crippen LogP contribution in [0.2, 0.25) is 0 Å².